The van der Waals surface area contributed by atoms with E-state index >= 15 is 0 Å². The molecule has 0 saturated carbocycles. The van der Waals surface area contributed by atoms with Crippen LogP contribution in [0.2, 0.25) is 0 Å². The van der Waals surface area contributed by atoms with Gasteiger partial charge in [0.25, 0.3) is 0 Å². The number of carbonyl (C=O) groups excluding carboxylic acids is 1. The lowest BCUT2D eigenvalue weighted by Crippen LogP contribution is -2.38. The Morgan fingerprint density at radius 3 is 2.29 bits per heavy atom. The van der Waals surface area contributed by atoms with Crippen molar-refractivity contribution >= 4 is 12.1 Å². The van der Waals surface area contributed by atoms with Crippen LogP contribution in [0.3, 0.4) is 0 Å². The molecular weight excluding hydrogens is 222 g/mol. The first-order valence-electron chi connectivity index (χ1n) is 5.77. The molecule has 1 saturated heterocycles. The van der Waals surface area contributed by atoms with Crippen molar-refractivity contribution in [2.75, 3.05) is 13.1 Å². The molecule has 0 aromatic carbocycles. The molecule has 1 amide bonds. The average molecular weight is 243 g/mol. The first-order chi connectivity index (χ1) is 7.56. The minimum atomic E-state index is -0.878. The van der Waals surface area contributed by atoms with Gasteiger partial charge in [0.15, 0.2) is 0 Å². The molecule has 0 radical (unpaired) electrons. The summed E-state index contributed by atoms with van der Waals surface area (Å²) >= 11 is 0. The number of nitrogens with zero attached hydrogens (tertiary/aromatic N) is 1. The van der Waals surface area contributed by atoms with Crippen molar-refractivity contribution in [1.29, 1.82) is 0 Å². The summed E-state index contributed by atoms with van der Waals surface area (Å²) < 4.78 is 5.24. The zero-order valence-corrected chi connectivity index (χ0v) is 11.1. The summed E-state index contributed by atoms with van der Waals surface area (Å²) in [6, 6.07) is 0. The fourth-order valence-electron chi connectivity index (χ4n) is 1.89. The quantitative estimate of drug-likeness (QED) is 0.764. The van der Waals surface area contributed by atoms with Crippen LogP contribution < -0.4 is 0 Å². The second kappa shape index (κ2) is 4.20. The summed E-state index contributed by atoms with van der Waals surface area (Å²) in [5.41, 5.74) is -1.43. The van der Waals surface area contributed by atoms with Crippen LogP contribution in [-0.2, 0) is 9.53 Å². The number of hydrogen-bond acceptors (Lipinski definition) is 3. The molecule has 0 aromatic heterocycles. The lowest BCUT2D eigenvalue weighted by atomic mass is 9.81. The van der Waals surface area contributed by atoms with E-state index in [2.05, 4.69) is 0 Å². The van der Waals surface area contributed by atoms with Gasteiger partial charge in [-0.25, -0.2) is 4.79 Å². The van der Waals surface area contributed by atoms with Gasteiger partial charge in [-0.1, -0.05) is 6.92 Å². The third kappa shape index (κ3) is 2.90. The van der Waals surface area contributed by atoms with Crippen molar-refractivity contribution in [3.05, 3.63) is 0 Å². The minimum absolute atomic E-state index is 0.0764. The van der Waals surface area contributed by atoms with Crippen LogP contribution in [0.25, 0.3) is 0 Å². The van der Waals surface area contributed by atoms with E-state index in [1.807, 2.05) is 6.92 Å². The Kier molecular flexibility index (Phi) is 3.41. The molecule has 1 heterocycles. The molecule has 0 aromatic rings. The normalized spacial score (nSPS) is 29.2. The van der Waals surface area contributed by atoms with Gasteiger partial charge in [-0.2, -0.15) is 0 Å². The number of carboxylic acids is 1. The fourth-order valence-corrected chi connectivity index (χ4v) is 1.89. The van der Waals surface area contributed by atoms with Crippen molar-refractivity contribution in [2.24, 2.45) is 11.3 Å². The van der Waals surface area contributed by atoms with Gasteiger partial charge in [-0.05, 0) is 33.6 Å². The Morgan fingerprint density at radius 1 is 1.41 bits per heavy atom. The highest BCUT2D eigenvalue weighted by Crippen LogP contribution is 2.36. The fraction of sp³-hybridized carbons (Fsp3) is 0.833. The smallest absolute Gasteiger partial charge is 0.410 e. The average Bonchev–Trinajstić information content (AvgIpc) is 2.42. The first-order valence-corrected chi connectivity index (χ1v) is 5.77. The number of aliphatic carboxylic acids is 1. The SMILES string of the molecule is CC1CN(C(=O)OC(C)(C)C)CC1(C)C(=O)O. The van der Waals surface area contributed by atoms with Crippen molar-refractivity contribution in [3.63, 3.8) is 0 Å². The molecule has 0 spiro atoms. The predicted octanol–water partition coefficient (Wildman–Crippen LogP) is 1.96. The number of amides is 1. The van der Waals surface area contributed by atoms with E-state index in [4.69, 9.17) is 4.74 Å². The van der Waals surface area contributed by atoms with E-state index in [1.165, 1.54) is 4.90 Å². The molecule has 1 fully saturated rings. The summed E-state index contributed by atoms with van der Waals surface area (Å²) in [4.78, 5) is 24.5. The zero-order valence-electron chi connectivity index (χ0n) is 11.1. The molecule has 17 heavy (non-hydrogen) atoms. The van der Waals surface area contributed by atoms with E-state index < -0.39 is 23.1 Å². The van der Waals surface area contributed by atoms with Gasteiger partial charge in [0.1, 0.15) is 5.60 Å². The molecule has 5 heteroatoms. The summed E-state index contributed by atoms with van der Waals surface area (Å²) in [5.74, 6) is -0.941. The van der Waals surface area contributed by atoms with Crippen LogP contribution in [0.1, 0.15) is 34.6 Å². The minimum Gasteiger partial charge on any atom is -0.481 e. The predicted molar refractivity (Wildman–Crippen MR) is 62.7 cm³/mol. The Bertz CT molecular complexity index is 334. The molecule has 1 rings (SSSR count). The van der Waals surface area contributed by atoms with Gasteiger partial charge in [0.05, 0.1) is 5.41 Å². The summed E-state index contributed by atoms with van der Waals surface area (Å²) in [6.07, 6.45) is -0.436. The standard InChI is InChI=1S/C12H21NO4/c1-8-6-13(7-12(8,5)9(14)15)10(16)17-11(2,3)4/h8H,6-7H2,1-5H3,(H,14,15). The van der Waals surface area contributed by atoms with Gasteiger partial charge in [0.2, 0.25) is 0 Å². The second-order valence-corrected chi connectivity index (χ2v) is 5.98. The summed E-state index contributed by atoms with van der Waals surface area (Å²) in [5, 5.41) is 9.20. The maximum atomic E-state index is 11.8. The van der Waals surface area contributed by atoms with Crippen LogP contribution in [-0.4, -0.2) is 40.8 Å². The van der Waals surface area contributed by atoms with Crippen molar-refractivity contribution in [3.8, 4) is 0 Å². The highest BCUT2D eigenvalue weighted by atomic mass is 16.6. The number of hydrogen-bond donors (Lipinski definition) is 1. The van der Waals surface area contributed by atoms with Crippen LogP contribution in [0, 0.1) is 11.3 Å². The Morgan fingerprint density at radius 2 is 1.94 bits per heavy atom. The van der Waals surface area contributed by atoms with E-state index in [9.17, 15) is 14.7 Å². The Balaban J connectivity index is 2.73. The van der Waals surface area contributed by atoms with Crippen LogP contribution in [0.15, 0.2) is 0 Å². The number of carboxylic acid groups (broad SMARTS) is 1. The molecule has 2 atom stereocenters. The van der Waals surface area contributed by atoms with Gasteiger partial charge < -0.3 is 14.7 Å². The molecule has 2 unspecified atom stereocenters. The van der Waals surface area contributed by atoms with Crippen LogP contribution in [0.4, 0.5) is 4.79 Å². The second-order valence-electron chi connectivity index (χ2n) is 5.98. The Hall–Kier alpha value is -1.26. The third-order valence-electron chi connectivity index (χ3n) is 3.24. The largest absolute Gasteiger partial charge is 0.481 e. The topological polar surface area (TPSA) is 66.8 Å². The molecule has 0 bridgehead atoms. The van der Waals surface area contributed by atoms with Gasteiger partial charge in [0, 0.05) is 13.1 Å². The lowest BCUT2D eigenvalue weighted by Gasteiger charge is -2.25. The van der Waals surface area contributed by atoms with Crippen molar-refractivity contribution in [2.45, 2.75) is 40.2 Å². The molecule has 98 valence electrons. The van der Waals surface area contributed by atoms with Gasteiger partial charge in [-0.3, -0.25) is 4.79 Å². The number of carbonyl (C=O) groups is 2. The molecule has 1 aliphatic rings. The first kappa shape index (κ1) is 13.8. The molecule has 1 aliphatic heterocycles. The Labute approximate surface area is 102 Å². The monoisotopic (exact) mass is 243 g/mol. The number of rotatable bonds is 1. The highest BCUT2D eigenvalue weighted by Gasteiger charge is 2.48. The number of likely N-dealkylation sites (tertiary alicyclic amines) is 1. The van der Waals surface area contributed by atoms with E-state index in [0.29, 0.717) is 6.54 Å². The number of ether oxygens (including phenoxy) is 1. The molecular formula is C12H21NO4. The van der Waals surface area contributed by atoms with Crippen molar-refractivity contribution < 1.29 is 19.4 Å². The summed E-state index contributed by atoms with van der Waals surface area (Å²) in [6.45, 7) is 9.53. The van der Waals surface area contributed by atoms with Crippen LogP contribution >= 0.6 is 0 Å². The summed E-state index contributed by atoms with van der Waals surface area (Å²) in [7, 11) is 0. The zero-order chi connectivity index (χ0) is 13.4. The van der Waals surface area contributed by atoms with Gasteiger partial charge >= 0.3 is 12.1 Å². The third-order valence-corrected chi connectivity index (χ3v) is 3.24. The maximum absolute atomic E-state index is 11.8. The van der Waals surface area contributed by atoms with Crippen molar-refractivity contribution in [1.82, 2.24) is 4.90 Å². The maximum Gasteiger partial charge on any atom is 0.410 e. The lowest BCUT2D eigenvalue weighted by molar-refractivity contribution is -0.148. The van der Waals surface area contributed by atoms with Gasteiger partial charge in [-0.15, -0.1) is 0 Å². The molecule has 0 aliphatic carbocycles. The van der Waals surface area contributed by atoms with E-state index in [0.717, 1.165) is 0 Å². The van der Waals surface area contributed by atoms with E-state index in [-0.39, 0.29) is 12.5 Å². The highest BCUT2D eigenvalue weighted by molar-refractivity contribution is 5.78. The molecule has 5 nitrogen and oxygen atoms in total. The van der Waals surface area contributed by atoms with Crippen LogP contribution in [0.5, 0.6) is 0 Å². The van der Waals surface area contributed by atoms with E-state index in [1.54, 1.807) is 27.7 Å². The molecule has 1 N–H and O–H groups in total.